The molecule has 26 heavy (non-hydrogen) atoms. The normalized spacial score (nSPS) is 10.9. The Morgan fingerprint density at radius 1 is 0.692 bits per heavy atom. The van der Waals surface area contributed by atoms with Gasteiger partial charge in [-0.05, 0) is 43.9 Å². The van der Waals surface area contributed by atoms with E-state index in [2.05, 4.69) is 34.2 Å². The monoisotopic (exact) mass is 358 g/mol. The molecule has 0 saturated heterocycles. The van der Waals surface area contributed by atoms with Gasteiger partial charge in [-0.3, -0.25) is 0 Å². The third-order valence-corrected chi connectivity index (χ3v) is 5.40. The molecular weight excluding hydrogens is 339 g/mol. The summed E-state index contributed by atoms with van der Waals surface area (Å²) in [5.41, 5.74) is 3.87. The van der Waals surface area contributed by atoms with Crippen LogP contribution in [0.5, 0.6) is 11.8 Å². The molecule has 2 aromatic heterocycles. The summed E-state index contributed by atoms with van der Waals surface area (Å²) in [4.78, 5) is 9.28. The number of para-hydroxylation sites is 2. The fraction of sp³-hybridized carbons (Fsp3) is 0.143. The first kappa shape index (κ1) is 16.8. The molecule has 0 aliphatic carbocycles. The standard InChI is InChI=1S/2C10H9NO.CH3.Al/c2*1-7-6-8-4-2-3-5-9(8)11-10(7)12;;/h2*2-6H,1H3,(H,11,12);1H3;/q;;;+2/p-2. The second-order valence-electron chi connectivity index (χ2n) is 6.41. The van der Waals surface area contributed by atoms with Crippen LogP contribution < -0.4 is 7.58 Å². The second kappa shape index (κ2) is 6.95. The quantitative estimate of drug-likeness (QED) is 0.483. The molecule has 4 nitrogen and oxygen atoms in total. The van der Waals surface area contributed by atoms with Gasteiger partial charge in [-0.2, -0.15) is 0 Å². The van der Waals surface area contributed by atoms with Gasteiger partial charge in [0.1, 0.15) is 0 Å². The maximum Gasteiger partial charge on any atom is 0.855 e. The van der Waals surface area contributed by atoms with Crippen molar-refractivity contribution in [2.75, 3.05) is 0 Å². The van der Waals surface area contributed by atoms with Gasteiger partial charge in [0, 0.05) is 21.9 Å². The van der Waals surface area contributed by atoms with Crippen LogP contribution in [0, 0.1) is 13.8 Å². The highest BCUT2D eigenvalue weighted by molar-refractivity contribution is 6.44. The van der Waals surface area contributed by atoms with E-state index < -0.39 is 14.8 Å². The summed E-state index contributed by atoms with van der Waals surface area (Å²) in [6.45, 7) is 4.02. The van der Waals surface area contributed by atoms with E-state index in [9.17, 15) is 0 Å². The van der Waals surface area contributed by atoms with Gasteiger partial charge < -0.3 is 7.58 Å². The number of fused-ring (bicyclic) bond motifs is 2. The second-order valence-corrected chi connectivity index (χ2v) is 8.02. The first-order valence-electron chi connectivity index (χ1n) is 8.66. The number of nitrogens with zero attached hydrogens (tertiary/aromatic N) is 2. The number of aromatic nitrogens is 2. The maximum absolute atomic E-state index is 6.09. The van der Waals surface area contributed by atoms with E-state index in [1.165, 1.54) is 0 Å². The Morgan fingerprint density at radius 2 is 1.12 bits per heavy atom. The van der Waals surface area contributed by atoms with Gasteiger partial charge >= 0.3 is 14.8 Å². The Balaban J connectivity index is 1.58. The van der Waals surface area contributed by atoms with Crippen molar-refractivity contribution in [3.8, 4) is 11.8 Å². The van der Waals surface area contributed by atoms with Crippen molar-refractivity contribution in [3.05, 3.63) is 71.8 Å². The van der Waals surface area contributed by atoms with Crippen LogP contribution in [0.4, 0.5) is 0 Å². The Bertz CT molecular complexity index is 1010. The summed E-state index contributed by atoms with van der Waals surface area (Å²) in [7, 11) is 0. The molecule has 5 heteroatoms. The molecule has 0 N–H and O–H groups in total. The summed E-state index contributed by atoms with van der Waals surface area (Å²) in [6, 6.07) is 20.3. The van der Waals surface area contributed by atoms with Crippen LogP contribution in [-0.4, -0.2) is 24.8 Å². The molecule has 0 atom stereocenters. The summed E-state index contributed by atoms with van der Waals surface area (Å²) in [5.74, 6) is 3.27. The number of benzene rings is 2. The molecular formula is C21H19AlN2O2. The highest BCUT2D eigenvalue weighted by Crippen LogP contribution is 2.24. The zero-order valence-corrected chi connectivity index (χ0v) is 16.2. The van der Waals surface area contributed by atoms with E-state index in [1.807, 2.05) is 56.0 Å². The van der Waals surface area contributed by atoms with E-state index in [0.717, 1.165) is 32.9 Å². The molecule has 0 aliphatic rings. The molecule has 2 aromatic carbocycles. The van der Waals surface area contributed by atoms with E-state index in [1.54, 1.807) is 0 Å². The molecule has 4 rings (SSSR count). The molecule has 0 amide bonds. The lowest BCUT2D eigenvalue weighted by atomic mass is 10.2. The number of hydrogen-bond acceptors (Lipinski definition) is 4. The van der Waals surface area contributed by atoms with E-state index in [0.29, 0.717) is 11.8 Å². The predicted molar refractivity (Wildman–Crippen MR) is 106 cm³/mol. The molecule has 2 heterocycles. The van der Waals surface area contributed by atoms with Gasteiger partial charge in [-0.25, -0.2) is 9.97 Å². The highest BCUT2D eigenvalue weighted by atomic mass is 27.2. The average Bonchev–Trinajstić information content (AvgIpc) is 2.63. The minimum Gasteiger partial charge on any atom is -0.598 e. The van der Waals surface area contributed by atoms with E-state index in [-0.39, 0.29) is 0 Å². The third kappa shape index (κ3) is 3.37. The molecule has 0 fully saturated rings. The van der Waals surface area contributed by atoms with Crippen LogP contribution in [0.25, 0.3) is 21.8 Å². The molecule has 0 aliphatic heterocycles. The molecule has 0 spiro atoms. The fourth-order valence-corrected chi connectivity index (χ4v) is 4.14. The predicted octanol–water partition coefficient (Wildman–Crippen LogP) is 4.98. The van der Waals surface area contributed by atoms with Crippen molar-refractivity contribution in [1.29, 1.82) is 0 Å². The van der Waals surface area contributed by atoms with Gasteiger partial charge in [0.15, 0.2) is 11.8 Å². The van der Waals surface area contributed by atoms with Gasteiger partial charge in [0.05, 0.1) is 11.0 Å². The summed E-state index contributed by atoms with van der Waals surface area (Å²) in [6.07, 6.45) is 0. The first-order valence-corrected chi connectivity index (χ1v) is 10.8. The Morgan fingerprint density at radius 3 is 1.58 bits per heavy atom. The number of pyridine rings is 2. The first-order chi connectivity index (χ1) is 12.6. The van der Waals surface area contributed by atoms with Gasteiger partial charge in [-0.1, -0.05) is 36.4 Å². The smallest absolute Gasteiger partial charge is 0.598 e. The lowest BCUT2D eigenvalue weighted by Crippen LogP contribution is -2.27. The maximum atomic E-state index is 6.09. The molecule has 4 aromatic rings. The van der Waals surface area contributed by atoms with Crippen LogP contribution >= 0.6 is 0 Å². The minimum absolute atomic E-state index is 0.640. The van der Waals surface area contributed by atoms with Crippen molar-refractivity contribution >= 4 is 36.6 Å². The fourth-order valence-electron chi connectivity index (χ4n) is 2.98. The van der Waals surface area contributed by atoms with Crippen LogP contribution in [0.3, 0.4) is 0 Å². The zero-order valence-electron chi connectivity index (χ0n) is 15.1. The minimum atomic E-state index is -2.00. The molecule has 0 radical (unpaired) electrons. The van der Waals surface area contributed by atoms with Crippen molar-refractivity contribution < 1.29 is 7.58 Å². The summed E-state index contributed by atoms with van der Waals surface area (Å²) in [5, 5.41) is 2.22. The SMILES string of the molecule is Cc1cc2ccccc2nc1[O][Al]([CH3])[O]c1nc2ccccc2cc1C. The van der Waals surface area contributed by atoms with Crippen molar-refractivity contribution in [2.45, 2.75) is 19.6 Å². The largest absolute Gasteiger partial charge is 0.855 e. The van der Waals surface area contributed by atoms with E-state index in [4.69, 9.17) is 7.58 Å². The Kier molecular flexibility index (Phi) is 4.50. The zero-order chi connectivity index (χ0) is 18.1. The molecule has 0 saturated carbocycles. The molecule has 128 valence electrons. The van der Waals surface area contributed by atoms with Gasteiger partial charge in [0.2, 0.25) is 0 Å². The third-order valence-electron chi connectivity index (χ3n) is 4.29. The number of hydrogen-bond donors (Lipinski definition) is 0. The lowest BCUT2D eigenvalue weighted by Gasteiger charge is -2.16. The van der Waals surface area contributed by atoms with Crippen LogP contribution in [-0.2, 0) is 0 Å². The molecule has 0 bridgehead atoms. The van der Waals surface area contributed by atoms with Crippen molar-refractivity contribution in [3.63, 3.8) is 0 Å². The summed E-state index contributed by atoms with van der Waals surface area (Å²) < 4.78 is 12.2. The highest BCUT2D eigenvalue weighted by Gasteiger charge is 2.27. The Hall–Kier alpha value is -2.61. The van der Waals surface area contributed by atoms with Crippen molar-refractivity contribution in [1.82, 2.24) is 9.97 Å². The Labute approximate surface area is 157 Å². The topological polar surface area (TPSA) is 44.2 Å². The number of rotatable bonds is 4. The van der Waals surface area contributed by atoms with Gasteiger partial charge in [0.25, 0.3) is 0 Å². The van der Waals surface area contributed by atoms with E-state index >= 15 is 0 Å². The average molecular weight is 358 g/mol. The van der Waals surface area contributed by atoms with Crippen molar-refractivity contribution in [2.24, 2.45) is 0 Å². The summed E-state index contributed by atoms with van der Waals surface area (Å²) >= 11 is -2.00. The van der Waals surface area contributed by atoms with Crippen LogP contribution in [0.15, 0.2) is 60.7 Å². The lowest BCUT2D eigenvalue weighted by molar-refractivity contribution is 0.411. The van der Waals surface area contributed by atoms with Crippen LogP contribution in [0.1, 0.15) is 11.1 Å². The number of aryl methyl sites for hydroxylation is 2. The molecule has 0 unspecified atom stereocenters. The van der Waals surface area contributed by atoms with Crippen LogP contribution in [0.2, 0.25) is 5.79 Å². The van der Waals surface area contributed by atoms with Gasteiger partial charge in [-0.15, -0.1) is 0 Å².